The number of nitrogens with zero attached hydrogens (tertiary/aromatic N) is 3. The number of aliphatic imine (C=N–C) groups is 1. The summed E-state index contributed by atoms with van der Waals surface area (Å²) < 4.78 is 0. The Kier molecular flexibility index (Phi) is 9.80. The number of allylic oxidation sites excluding steroid dienone is 1. The van der Waals surface area contributed by atoms with Gasteiger partial charge in [0.15, 0.2) is 0 Å². The van der Waals surface area contributed by atoms with Crippen LogP contribution in [0.5, 0.6) is 0 Å². The lowest BCUT2D eigenvalue weighted by Gasteiger charge is -2.31. The quantitative estimate of drug-likeness (QED) is 0.240. The highest BCUT2D eigenvalue weighted by molar-refractivity contribution is 5.62. The lowest BCUT2D eigenvalue weighted by atomic mass is 9.96. The third-order valence-electron chi connectivity index (χ3n) is 4.75. The van der Waals surface area contributed by atoms with Crippen LogP contribution in [0.2, 0.25) is 0 Å². The van der Waals surface area contributed by atoms with Gasteiger partial charge in [0.05, 0.1) is 6.34 Å². The molecule has 0 saturated carbocycles. The molecule has 1 aliphatic heterocycles. The minimum Gasteiger partial charge on any atom is -0.414 e. The van der Waals surface area contributed by atoms with E-state index < -0.39 is 0 Å². The molecule has 1 unspecified atom stereocenters. The number of rotatable bonds is 12. The van der Waals surface area contributed by atoms with Crippen LogP contribution in [-0.2, 0) is 9.63 Å². The van der Waals surface area contributed by atoms with E-state index in [1.165, 1.54) is 11.1 Å². The summed E-state index contributed by atoms with van der Waals surface area (Å²) in [6, 6.07) is -0.00213. The van der Waals surface area contributed by atoms with E-state index in [1.54, 1.807) is 18.3 Å². The molecule has 0 radical (unpaired) electrons. The Hall–Kier alpha value is -2.02. The predicted octanol–water partition coefficient (Wildman–Crippen LogP) is 2.24. The number of unbranched alkanes of at least 4 members (excludes halogenated alkanes) is 1. The summed E-state index contributed by atoms with van der Waals surface area (Å²) in [6.45, 7) is 10.7. The van der Waals surface area contributed by atoms with Gasteiger partial charge in [-0.05, 0) is 51.2 Å². The van der Waals surface area contributed by atoms with Gasteiger partial charge in [0.1, 0.15) is 17.6 Å². The molecule has 0 saturated heterocycles. The van der Waals surface area contributed by atoms with Crippen molar-refractivity contribution >= 4 is 12.7 Å². The zero-order valence-corrected chi connectivity index (χ0v) is 17.1. The summed E-state index contributed by atoms with van der Waals surface area (Å²) in [4.78, 5) is 25.0. The van der Waals surface area contributed by atoms with Crippen molar-refractivity contribution < 1.29 is 9.63 Å². The summed E-state index contributed by atoms with van der Waals surface area (Å²) in [7, 11) is 3.85. The first-order valence-corrected chi connectivity index (χ1v) is 9.42. The Labute approximate surface area is 158 Å². The summed E-state index contributed by atoms with van der Waals surface area (Å²) in [5, 5.41) is 3.29. The molecule has 1 heterocycles. The smallest absolute Gasteiger partial charge is 0.209 e. The molecule has 0 fully saturated rings. The van der Waals surface area contributed by atoms with Crippen LogP contribution in [0, 0.1) is 0 Å². The van der Waals surface area contributed by atoms with Crippen molar-refractivity contribution in [1.29, 1.82) is 0 Å². The van der Waals surface area contributed by atoms with Crippen LogP contribution >= 0.6 is 0 Å². The van der Waals surface area contributed by atoms with Crippen molar-refractivity contribution in [2.45, 2.75) is 53.0 Å². The lowest BCUT2D eigenvalue weighted by molar-refractivity contribution is -0.118. The molecule has 0 aromatic heterocycles. The fraction of sp³-hybridized carbons (Fsp3) is 0.684. The van der Waals surface area contributed by atoms with Gasteiger partial charge in [-0.2, -0.15) is 5.48 Å². The third kappa shape index (κ3) is 6.05. The van der Waals surface area contributed by atoms with Gasteiger partial charge in [-0.1, -0.05) is 6.92 Å². The summed E-state index contributed by atoms with van der Waals surface area (Å²) in [5.74, 6) is 1.96. The van der Waals surface area contributed by atoms with E-state index in [9.17, 15) is 4.79 Å². The standard InChI is InChI=1S/C19H35N5O2/c1-7-17(16(4)26-20-5)18-15(3)19(22-13-21-18)23(6)11-9-10-12-24(8-2)14-25/h13-14,18,20H,7-12H2,1-6H3,(H,21,22)/b17-16+. The number of amides is 1. The van der Waals surface area contributed by atoms with Gasteiger partial charge >= 0.3 is 0 Å². The van der Waals surface area contributed by atoms with Crippen LogP contribution in [0.3, 0.4) is 0 Å². The molecule has 26 heavy (non-hydrogen) atoms. The fourth-order valence-corrected chi connectivity index (χ4v) is 3.21. The van der Waals surface area contributed by atoms with Crippen molar-refractivity contribution in [2.24, 2.45) is 4.99 Å². The van der Waals surface area contributed by atoms with Gasteiger partial charge in [-0.15, -0.1) is 0 Å². The first-order valence-electron chi connectivity index (χ1n) is 9.42. The molecule has 0 spiro atoms. The van der Waals surface area contributed by atoms with Crippen LogP contribution in [0.1, 0.15) is 47.0 Å². The van der Waals surface area contributed by atoms with E-state index in [2.05, 4.69) is 41.6 Å². The first kappa shape index (κ1) is 22.0. The molecule has 0 aliphatic carbocycles. The second-order valence-corrected chi connectivity index (χ2v) is 6.46. The van der Waals surface area contributed by atoms with E-state index >= 15 is 0 Å². The number of nitrogens with one attached hydrogen (secondary N) is 2. The van der Waals surface area contributed by atoms with Crippen LogP contribution in [0.4, 0.5) is 0 Å². The number of hydrogen-bond donors (Lipinski definition) is 2. The highest BCUT2D eigenvalue weighted by Crippen LogP contribution is 2.26. The minimum absolute atomic E-state index is 0.00213. The largest absolute Gasteiger partial charge is 0.414 e. The van der Waals surface area contributed by atoms with Crippen LogP contribution in [0.25, 0.3) is 0 Å². The second-order valence-electron chi connectivity index (χ2n) is 6.46. The van der Waals surface area contributed by atoms with Crippen molar-refractivity contribution in [3.63, 3.8) is 0 Å². The average Bonchev–Trinajstić information content (AvgIpc) is 2.64. The summed E-state index contributed by atoms with van der Waals surface area (Å²) in [5.41, 5.74) is 5.10. The van der Waals surface area contributed by atoms with Gasteiger partial charge in [0.2, 0.25) is 6.41 Å². The Bertz CT molecular complexity index is 542. The SMILES string of the molecule is CC/C(=C(/C)ONC)C1N=CNC(N(C)CCCCN(C=O)CC)=C1C. The number of carbonyl (C=O) groups excluding carboxylic acids is 1. The van der Waals surface area contributed by atoms with Crippen LogP contribution in [0.15, 0.2) is 27.7 Å². The predicted molar refractivity (Wildman–Crippen MR) is 106 cm³/mol. The fourth-order valence-electron chi connectivity index (χ4n) is 3.21. The third-order valence-corrected chi connectivity index (χ3v) is 4.75. The van der Waals surface area contributed by atoms with Gasteiger partial charge in [0.25, 0.3) is 0 Å². The highest BCUT2D eigenvalue weighted by Gasteiger charge is 2.24. The molecule has 1 aliphatic rings. The van der Waals surface area contributed by atoms with Gasteiger partial charge in [-0.25, -0.2) is 0 Å². The van der Waals surface area contributed by atoms with Gasteiger partial charge in [0, 0.05) is 33.7 Å². The van der Waals surface area contributed by atoms with E-state index in [0.717, 1.165) is 56.9 Å². The minimum atomic E-state index is -0.00213. The van der Waals surface area contributed by atoms with Crippen LogP contribution < -0.4 is 10.8 Å². The lowest BCUT2D eigenvalue weighted by Crippen LogP contribution is -2.36. The van der Waals surface area contributed by atoms with Crippen molar-refractivity contribution in [3.8, 4) is 0 Å². The van der Waals surface area contributed by atoms with Crippen LogP contribution in [-0.4, -0.2) is 62.3 Å². The Morgan fingerprint density at radius 1 is 1.38 bits per heavy atom. The normalized spacial score (nSPS) is 17.5. The molecule has 148 valence electrons. The molecule has 0 bridgehead atoms. The van der Waals surface area contributed by atoms with Crippen molar-refractivity contribution in [1.82, 2.24) is 20.6 Å². The maximum Gasteiger partial charge on any atom is 0.209 e. The molecule has 0 aromatic carbocycles. The molecular weight excluding hydrogens is 330 g/mol. The van der Waals surface area contributed by atoms with Crippen molar-refractivity contribution in [2.75, 3.05) is 33.7 Å². The second kappa shape index (κ2) is 11.6. The van der Waals surface area contributed by atoms with E-state index in [0.29, 0.717) is 0 Å². The Balaban J connectivity index is 2.75. The molecule has 7 nitrogen and oxygen atoms in total. The highest BCUT2D eigenvalue weighted by atomic mass is 16.6. The molecule has 1 atom stereocenters. The summed E-state index contributed by atoms with van der Waals surface area (Å²) in [6.07, 6.45) is 5.60. The number of carbonyl (C=O) groups is 1. The zero-order valence-electron chi connectivity index (χ0n) is 17.1. The Morgan fingerprint density at radius 2 is 2.08 bits per heavy atom. The monoisotopic (exact) mass is 365 g/mol. The molecule has 0 aromatic rings. The molecule has 1 rings (SSSR count). The molecule has 7 heteroatoms. The van der Waals surface area contributed by atoms with Gasteiger partial charge < -0.3 is 20.0 Å². The van der Waals surface area contributed by atoms with E-state index in [-0.39, 0.29) is 6.04 Å². The topological polar surface area (TPSA) is 69.2 Å². The molecule has 1 amide bonds. The average molecular weight is 366 g/mol. The maximum atomic E-state index is 10.8. The Morgan fingerprint density at radius 3 is 2.65 bits per heavy atom. The number of hydrogen-bond acceptors (Lipinski definition) is 6. The molecular formula is C19H35N5O2. The maximum absolute atomic E-state index is 10.8. The first-order chi connectivity index (χ1) is 12.5. The van der Waals surface area contributed by atoms with Crippen molar-refractivity contribution in [3.05, 3.63) is 22.7 Å². The van der Waals surface area contributed by atoms with Gasteiger partial charge in [-0.3, -0.25) is 9.79 Å². The summed E-state index contributed by atoms with van der Waals surface area (Å²) >= 11 is 0. The van der Waals surface area contributed by atoms with E-state index in [4.69, 9.17) is 4.84 Å². The van der Waals surface area contributed by atoms with E-state index in [1.807, 2.05) is 13.8 Å². The number of hydroxylamine groups is 1. The molecule has 2 N–H and O–H groups in total. The zero-order chi connectivity index (χ0) is 19.5.